The number of hydrogen-bond donors (Lipinski definition) is 1. The molecule has 0 aromatic carbocycles. The first-order valence-electron chi connectivity index (χ1n) is 10.3. The van der Waals surface area contributed by atoms with Crippen molar-refractivity contribution in [2.45, 2.75) is 70.8 Å². The third-order valence-electron chi connectivity index (χ3n) is 8.99. The normalized spacial score (nSPS) is 51.0. The number of carbonyl (C=O) groups is 1. The summed E-state index contributed by atoms with van der Waals surface area (Å²) in [6.45, 7) is 4.82. The first kappa shape index (κ1) is 16.6. The van der Waals surface area contributed by atoms with Gasteiger partial charge in [-0.25, -0.2) is 0 Å². The summed E-state index contributed by atoms with van der Waals surface area (Å²) in [6.07, 6.45) is 14.8. The summed E-state index contributed by atoms with van der Waals surface area (Å²) >= 11 is 0. The zero-order valence-electron chi connectivity index (χ0n) is 15.8. The van der Waals surface area contributed by atoms with E-state index >= 15 is 0 Å². The quantitative estimate of drug-likeness (QED) is 0.391. The van der Waals surface area contributed by atoms with Gasteiger partial charge in [0.2, 0.25) is 0 Å². The molecule has 26 heavy (non-hydrogen) atoms. The molecule has 4 heteroatoms. The van der Waals surface area contributed by atoms with E-state index in [1.165, 1.54) is 18.4 Å². The lowest BCUT2D eigenvalue weighted by molar-refractivity contribution is -0.165. The smallest absolute Gasteiger partial charge is 0.306 e. The van der Waals surface area contributed by atoms with Crippen LogP contribution in [0.2, 0.25) is 0 Å². The van der Waals surface area contributed by atoms with Gasteiger partial charge in [0, 0.05) is 11.8 Å². The maximum absolute atomic E-state index is 11.9. The maximum atomic E-state index is 11.9. The molecule has 1 saturated heterocycles. The minimum Gasteiger partial charge on any atom is -0.458 e. The molecule has 0 amide bonds. The maximum Gasteiger partial charge on any atom is 0.306 e. The van der Waals surface area contributed by atoms with Gasteiger partial charge >= 0.3 is 5.97 Å². The van der Waals surface area contributed by atoms with E-state index in [1.54, 1.807) is 0 Å². The minimum absolute atomic E-state index is 0.00784. The first-order valence-corrected chi connectivity index (χ1v) is 10.3. The molecule has 5 aliphatic rings. The van der Waals surface area contributed by atoms with Crippen LogP contribution in [0.5, 0.6) is 0 Å². The average molecular weight is 355 g/mol. The number of esters is 1. The zero-order chi connectivity index (χ0) is 18.2. The molecule has 2 saturated carbocycles. The van der Waals surface area contributed by atoms with Crippen LogP contribution in [0.1, 0.15) is 65.2 Å². The summed E-state index contributed by atoms with van der Waals surface area (Å²) in [5.74, 6) is 1.83. The molecule has 1 aliphatic heterocycles. The van der Waals surface area contributed by atoms with E-state index in [1.807, 2.05) is 0 Å². The fourth-order valence-corrected chi connectivity index (χ4v) is 7.38. The van der Waals surface area contributed by atoms with Crippen molar-refractivity contribution >= 4 is 11.7 Å². The van der Waals surface area contributed by atoms with Crippen LogP contribution in [-0.4, -0.2) is 22.5 Å². The minimum atomic E-state index is -0.201. The van der Waals surface area contributed by atoms with E-state index in [2.05, 4.69) is 37.2 Å². The number of nitrogens with zero attached hydrogens (tertiary/aromatic N) is 1. The van der Waals surface area contributed by atoms with Gasteiger partial charge in [0.25, 0.3) is 0 Å². The predicted octanol–water partition coefficient (Wildman–Crippen LogP) is 4.63. The van der Waals surface area contributed by atoms with Crippen LogP contribution in [0.4, 0.5) is 0 Å². The summed E-state index contributed by atoms with van der Waals surface area (Å²) in [5, 5.41) is 12.6. The Labute approximate surface area is 155 Å². The molecule has 0 radical (unpaired) electrons. The van der Waals surface area contributed by atoms with Crippen molar-refractivity contribution < 1.29 is 14.7 Å². The molecule has 1 N–H and O–H groups in total. The molecule has 1 spiro atoms. The average Bonchev–Trinajstić information content (AvgIpc) is 3.15. The van der Waals surface area contributed by atoms with Crippen molar-refractivity contribution in [3.8, 4) is 0 Å². The second-order valence-electron chi connectivity index (χ2n) is 9.72. The number of rotatable bonds is 0. The Hall–Kier alpha value is -1.58. The van der Waals surface area contributed by atoms with Crippen LogP contribution >= 0.6 is 0 Å². The summed E-state index contributed by atoms with van der Waals surface area (Å²) in [7, 11) is 0. The Balaban J connectivity index is 1.52. The number of hydrogen-bond acceptors (Lipinski definition) is 4. The SMILES string of the molecule is C[C@]12CC[C@@H]3[C@H](C=CC4=C/C(=N/O)CC[C@]43C)[C@H]1CC[C@@]21CCC(=O)O1. The van der Waals surface area contributed by atoms with Gasteiger partial charge in [-0.05, 0) is 79.8 Å². The summed E-state index contributed by atoms with van der Waals surface area (Å²) in [5.41, 5.74) is 2.24. The van der Waals surface area contributed by atoms with Gasteiger partial charge in [-0.15, -0.1) is 0 Å². The molecule has 3 fully saturated rings. The molecule has 0 aromatic heterocycles. The second-order valence-corrected chi connectivity index (χ2v) is 9.72. The lowest BCUT2D eigenvalue weighted by Crippen LogP contribution is -2.53. The zero-order valence-corrected chi connectivity index (χ0v) is 15.8. The predicted molar refractivity (Wildman–Crippen MR) is 98.9 cm³/mol. The molecule has 4 aliphatic carbocycles. The number of fused-ring (bicyclic) bond motifs is 6. The van der Waals surface area contributed by atoms with Crippen molar-refractivity contribution in [3.05, 3.63) is 23.8 Å². The van der Waals surface area contributed by atoms with Gasteiger partial charge in [-0.2, -0.15) is 0 Å². The highest BCUT2D eigenvalue weighted by molar-refractivity contribution is 5.96. The third-order valence-corrected chi connectivity index (χ3v) is 8.99. The van der Waals surface area contributed by atoms with Crippen molar-refractivity contribution in [2.75, 3.05) is 0 Å². The highest BCUT2D eigenvalue weighted by Gasteiger charge is 2.66. The molecular weight excluding hydrogens is 326 g/mol. The molecule has 140 valence electrons. The first-order chi connectivity index (χ1) is 12.4. The van der Waals surface area contributed by atoms with Crippen molar-refractivity contribution in [3.63, 3.8) is 0 Å². The van der Waals surface area contributed by atoms with E-state index < -0.39 is 0 Å². The molecule has 6 atom stereocenters. The molecule has 4 nitrogen and oxygen atoms in total. The largest absolute Gasteiger partial charge is 0.458 e. The van der Waals surface area contributed by atoms with E-state index in [9.17, 15) is 10.0 Å². The highest BCUT2D eigenvalue weighted by Crippen LogP contribution is 2.68. The molecule has 1 heterocycles. The van der Waals surface area contributed by atoms with Crippen molar-refractivity contribution in [1.82, 2.24) is 0 Å². The van der Waals surface area contributed by atoms with Crippen LogP contribution in [0, 0.1) is 28.6 Å². The van der Waals surface area contributed by atoms with Crippen LogP contribution in [0.3, 0.4) is 0 Å². The number of oxime groups is 1. The van der Waals surface area contributed by atoms with E-state index in [-0.39, 0.29) is 22.4 Å². The fourth-order valence-electron chi connectivity index (χ4n) is 7.38. The van der Waals surface area contributed by atoms with Gasteiger partial charge in [0.05, 0.1) is 5.71 Å². The van der Waals surface area contributed by atoms with Crippen LogP contribution in [-0.2, 0) is 9.53 Å². The topological polar surface area (TPSA) is 58.9 Å². The van der Waals surface area contributed by atoms with Gasteiger partial charge in [0.15, 0.2) is 0 Å². The molecule has 5 rings (SSSR count). The molecule has 0 bridgehead atoms. The number of carbonyl (C=O) groups excluding carboxylic acids is 1. The fraction of sp³-hybridized carbons (Fsp3) is 0.727. The van der Waals surface area contributed by atoms with Gasteiger partial charge in [-0.1, -0.05) is 31.2 Å². The Morgan fingerprint density at radius 2 is 1.92 bits per heavy atom. The Bertz CT molecular complexity index is 752. The lowest BCUT2D eigenvalue weighted by atomic mass is 9.48. The third kappa shape index (κ3) is 1.91. The van der Waals surface area contributed by atoms with Crippen LogP contribution in [0.15, 0.2) is 29.0 Å². The summed E-state index contributed by atoms with van der Waals surface area (Å²) in [4.78, 5) is 11.9. The van der Waals surface area contributed by atoms with Gasteiger partial charge in [-0.3, -0.25) is 4.79 Å². The molecule has 0 unspecified atom stereocenters. The Morgan fingerprint density at radius 1 is 1.12 bits per heavy atom. The van der Waals surface area contributed by atoms with E-state index in [0.29, 0.717) is 24.2 Å². The summed E-state index contributed by atoms with van der Waals surface area (Å²) in [6, 6.07) is 0. The van der Waals surface area contributed by atoms with E-state index in [0.717, 1.165) is 37.8 Å². The highest BCUT2D eigenvalue weighted by atomic mass is 16.6. The van der Waals surface area contributed by atoms with Gasteiger partial charge < -0.3 is 9.94 Å². The monoisotopic (exact) mass is 355 g/mol. The van der Waals surface area contributed by atoms with Crippen molar-refractivity contribution in [2.24, 2.45) is 33.7 Å². The summed E-state index contributed by atoms with van der Waals surface area (Å²) < 4.78 is 6.00. The van der Waals surface area contributed by atoms with E-state index in [4.69, 9.17) is 4.74 Å². The Morgan fingerprint density at radius 3 is 2.65 bits per heavy atom. The Kier molecular flexibility index (Phi) is 3.34. The number of ether oxygens (including phenoxy) is 1. The molecular formula is C22H29NO3. The van der Waals surface area contributed by atoms with Crippen molar-refractivity contribution in [1.29, 1.82) is 0 Å². The van der Waals surface area contributed by atoms with Crippen LogP contribution in [0.25, 0.3) is 0 Å². The second kappa shape index (κ2) is 5.24. The number of allylic oxidation sites excluding steroid dienone is 4. The standard InChI is InChI=1S/C22H29NO3/c1-20-9-5-15(23-25)13-14(20)3-4-16-17(20)6-10-21(2)18(16)7-11-22(21)12-8-19(24)26-22/h3-4,13,16-18,25H,5-12H2,1-2H3/b23-15+/t16-,17+,18+,20+,21-,22+/m0/s1. The van der Waals surface area contributed by atoms with Crippen LogP contribution < -0.4 is 0 Å². The molecule has 0 aromatic rings. The van der Waals surface area contributed by atoms with Gasteiger partial charge in [0.1, 0.15) is 5.60 Å². The lowest BCUT2D eigenvalue weighted by Gasteiger charge is -2.57.